The quantitative estimate of drug-likeness (QED) is 0.703. The summed E-state index contributed by atoms with van der Waals surface area (Å²) in [4.78, 5) is 14.6. The first-order chi connectivity index (χ1) is 12.3. The molecule has 1 aromatic carbocycles. The maximum absolute atomic E-state index is 12.2. The van der Waals surface area contributed by atoms with Crippen LogP contribution >= 0.6 is 0 Å². The first-order valence-electron chi connectivity index (χ1n) is 9.41. The van der Waals surface area contributed by atoms with E-state index >= 15 is 0 Å². The topological polar surface area (TPSA) is 45.5 Å². The molecule has 0 bridgehead atoms. The van der Waals surface area contributed by atoms with Crippen molar-refractivity contribution in [3.63, 3.8) is 0 Å². The summed E-state index contributed by atoms with van der Waals surface area (Å²) in [6, 6.07) is 14.5. The van der Waals surface area contributed by atoms with Crippen molar-refractivity contribution in [3.8, 4) is 0 Å². The number of hydrogen-bond donors (Lipinski definition) is 1. The summed E-state index contributed by atoms with van der Waals surface area (Å²) in [5.41, 5.74) is 1.34. The van der Waals surface area contributed by atoms with E-state index in [1.54, 1.807) is 6.26 Å². The molecule has 0 saturated carbocycles. The van der Waals surface area contributed by atoms with Gasteiger partial charge in [-0.25, -0.2) is 0 Å². The fourth-order valence-corrected chi connectivity index (χ4v) is 3.50. The highest BCUT2D eigenvalue weighted by atomic mass is 16.3. The van der Waals surface area contributed by atoms with Crippen LogP contribution in [0.25, 0.3) is 0 Å². The number of unbranched alkanes of at least 4 members (excludes halogenated alkanes) is 1. The lowest BCUT2D eigenvalue weighted by molar-refractivity contribution is -0.121. The fourth-order valence-electron chi connectivity index (χ4n) is 3.50. The van der Waals surface area contributed by atoms with Gasteiger partial charge in [0.05, 0.1) is 12.3 Å². The molecule has 1 N–H and O–H groups in total. The van der Waals surface area contributed by atoms with Gasteiger partial charge in [-0.3, -0.25) is 9.69 Å². The predicted octanol–water partition coefficient (Wildman–Crippen LogP) is 3.95. The normalized spacial score (nSPS) is 16.0. The number of aryl methyl sites for hydroxylation is 1. The van der Waals surface area contributed by atoms with Crippen LogP contribution in [-0.2, 0) is 11.2 Å². The van der Waals surface area contributed by atoms with Gasteiger partial charge >= 0.3 is 0 Å². The molecule has 1 fully saturated rings. The number of furan rings is 1. The van der Waals surface area contributed by atoms with E-state index in [0.29, 0.717) is 13.0 Å². The van der Waals surface area contributed by atoms with Crippen molar-refractivity contribution in [2.75, 3.05) is 19.6 Å². The van der Waals surface area contributed by atoms with E-state index < -0.39 is 0 Å². The highest BCUT2D eigenvalue weighted by Crippen LogP contribution is 2.24. The highest BCUT2D eigenvalue weighted by molar-refractivity contribution is 5.75. The number of nitrogens with one attached hydrogen (secondary N) is 1. The summed E-state index contributed by atoms with van der Waals surface area (Å²) in [5.74, 6) is 1.09. The molecule has 0 radical (unpaired) electrons. The van der Waals surface area contributed by atoms with Crippen molar-refractivity contribution in [2.45, 2.75) is 44.6 Å². The molecule has 1 atom stereocenters. The van der Waals surface area contributed by atoms with Crippen LogP contribution in [-0.4, -0.2) is 30.4 Å². The summed E-state index contributed by atoms with van der Waals surface area (Å²) in [6.45, 7) is 2.79. The molecule has 1 unspecified atom stereocenters. The van der Waals surface area contributed by atoms with Crippen molar-refractivity contribution in [1.29, 1.82) is 0 Å². The van der Waals surface area contributed by atoms with E-state index in [9.17, 15) is 4.79 Å². The van der Waals surface area contributed by atoms with Crippen LogP contribution in [0, 0.1) is 0 Å². The number of amides is 1. The van der Waals surface area contributed by atoms with Crippen LogP contribution in [0.4, 0.5) is 0 Å². The minimum Gasteiger partial charge on any atom is -0.468 e. The fraction of sp³-hybridized carbons (Fsp3) is 0.476. The van der Waals surface area contributed by atoms with Crippen molar-refractivity contribution in [2.24, 2.45) is 0 Å². The van der Waals surface area contributed by atoms with E-state index in [-0.39, 0.29) is 11.9 Å². The molecular formula is C21H28N2O2. The molecule has 1 aliphatic rings. The molecule has 2 aromatic rings. The van der Waals surface area contributed by atoms with Crippen molar-refractivity contribution < 1.29 is 9.21 Å². The third kappa shape index (κ3) is 5.46. The third-order valence-corrected chi connectivity index (χ3v) is 4.91. The van der Waals surface area contributed by atoms with Gasteiger partial charge in [-0.15, -0.1) is 0 Å². The molecule has 4 heteroatoms. The molecule has 3 rings (SSSR count). The second-order valence-electron chi connectivity index (χ2n) is 6.77. The molecule has 1 aliphatic heterocycles. The summed E-state index contributed by atoms with van der Waals surface area (Å²) in [5, 5.41) is 3.11. The first kappa shape index (κ1) is 17.7. The Labute approximate surface area is 150 Å². The maximum Gasteiger partial charge on any atom is 0.220 e. The third-order valence-electron chi connectivity index (χ3n) is 4.91. The van der Waals surface area contributed by atoms with Crippen LogP contribution in [0.5, 0.6) is 0 Å². The average Bonchev–Trinajstić information content (AvgIpc) is 3.34. The lowest BCUT2D eigenvalue weighted by Gasteiger charge is -2.26. The lowest BCUT2D eigenvalue weighted by atomic mass is 10.1. The predicted molar refractivity (Wildman–Crippen MR) is 99.3 cm³/mol. The van der Waals surface area contributed by atoms with Gasteiger partial charge in [0, 0.05) is 13.0 Å². The molecule has 2 heterocycles. The van der Waals surface area contributed by atoms with Crippen molar-refractivity contribution in [1.82, 2.24) is 10.2 Å². The van der Waals surface area contributed by atoms with E-state index in [0.717, 1.165) is 38.1 Å². The smallest absolute Gasteiger partial charge is 0.220 e. The van der Waals surface area contributed by atoms with Gasteiger partial charge in [0.1, 0.15) is 5.76 Å². The van der Waals surface area contributed by atoms with Gasteiger partial charge in [0.2, 0.25) is 5.91 Å². The Balaban J connectivity index is 1.39. The van der Waals surface area contributed by atoms with Gasteiger partial charge in [0.25, 0.3) is 0 Å². The zero-order valence-electron chi connectivity index (χ0n) is 14.8. The Morgan fingerprint density at radius 2 is 1.88 bits per heavy atom. The first-order valence-corrected chi connectivity index (χ1v) is 9.41. The lowest BCUT2D eigenvalue weighted by Crippen LogP contribution is -2.36. The summed E-state index contributed by atoms with van der Waals surface area (Å²) >= 11 is 0. The monoisotopic (exact) mass is 340 g/mol. The van der Waals surface area contributed by atoms with Gasteiger partial charge in [-0.2, -0.15) is 0 Å². The second kappa shape index (κ2) is 9.42. The Morgan fingerprint density at radius 1 is 1.08 bits per heavy atom. The van der Waals surface area contributed by atoms with Gasteiger partial charge in [0.15, 0.2) is 0 Å². The zero-order valence-corrected chi connectivity index (χ0v) is 14.8. The van der Waals surface area contributed by atoms with Gasteiger partial charge < -0.3 is 9.73 Å². The summed E-state index contributed by atoms with van der Waals surface area (Å²) < 4.78 is 5.59. The Bertz CT molecular complexity index is 619. The number of rotatable bonds is 9. The van der Waals surface area contributed by atoms with E-state index in [2.05, 4.69) is 34.5 Å². The van der Waals surface area contributed by atoms with Gasteiger partial charge in [-0.1, -0.05) is 30.3 Å². The molecule has 4 nitrogen and oxygen atoms in total. The van der Waals surface area contributed by atoms with E-state index in [1.807, 2.05) is 18.2 Å². The Hall–Kier alpha value is -2.07. The van der Waals surface area contributed by atoms with Gasteiger partial charge in [-0.05, 0) is 62.9 Å². The summed E-state index contributed by atoms with van der Waals surface area (Å²) in [7, 11) is 0. The van der Waals surface area contributed by atoms with E-state index in [1.165, 1.54) is 18.4 Å². The molecular weight excluding hydrogens is 312 g/mol. The van der Waals surface area contributed by atoms with E-state index in [4.69, 9.17) is 4.42 Å². The molecule has 1 aromatic heterocycles. The second-order valence-corrected chi connectivity index (χ2v) is 6.77. The number of likely N-dealkylation sites (tertiary alicyclic amines) is 1. The van der Waals surface area contributed by atoms with Crippen LogP contribution in [0.3, 0.4) is 0 Å². The highest BCUT2D eigenvalue weighted by Gasteiger charge is 2.25. The maximum atomic E-state index is 12.2. The number of hydrogen-bond acceptors (Lipinski definition) is 3. The largest absolute Gasteiger partial charge is 0.468 e. The average molecular weight is 340 g/mol. The number of nitrogens with zero attached hydrogens (tertiary/aromatic N) is 1. The molecule has 1 amide bonds. The molecule has 25 heavy (non-hydrogen) atoms. The van der Waals surface area contributed by atoms with Crippen LogP contribution in [0.1, 0.15) is 49.5 Å². The van der Waals surface area contributed by atoms with Crippen LogP contribution in [0.15, 0.2) is 53.1 Å². The van der Waals surface area contributed by atoms with Crippen molar-refractivity contribution in [3.05, 3.63) is 60.1 Å². The molecule has 134 valence electrons. The Morgan fingerprint density at radius 3 is 2.60 bits per heavy atom. The minimum absolute atomic E-state index is 0.142. The van der Waals surface area contributed by atoms with Crippen LogP contribution in [0.2, 0.25) is 0 Å². The number of benzene rings is 1. The number of carbonyl (C=O) groups excluding carboxylic acids is 1. The molecule has 0 aliphatic carbocycles. The standard InChI is InChI=1S/C21H28N2O2/c24-21(13-5-4-11-18-9-2-1-3-10-18)22-17-19(20-12-8-16-25-20)23-14-6-7-15-23/h1-3,8-10,12,16,19H,4-7,11,13-15,17H2,(H,22,24). The SMILES string of the molecule is O=C(CCCCc1ccccc1)NCC(c1ccco1)N1CCCC1. The Kier molecular flexibility index (Phi) is 6.69. The molecule has 1 saturated heterocycles. The number of carbonyl (C=O) groups is 1. The minimum atomic E-state index is 0.142. The summed E-state index contributed by atoms with van der Waals surface area (Å²) in [6.07, 6.45) is 7.77. The van der Waals surface area contributed by atoms with Crippen LogP contribution < -0.4 is 5.32 Å². The zero-order chi connectivity index (χ0) is 17.3. The molecule has 0 spiro atoms. The van der Waals surface area contributed by atoms with Crippen molar-refractivity contribution >= 4 is 5.91 Å².